The van der Waals surface area contributed by atoms with Crippen molar-refractivity contribution < 1.29 is 4.79 Å². The number of alkyl halides is 1. The van der Waals surface area contributed by atoms with Gasteiger partial charge in [-0.05, 0) is 40.4 Å². The highest BCUT2D eigenvalue weighted by atomic mass is 79.9. The fourth-order valence-electron chi connectivity index (χ4n) is 1.08. The van der Waals surface area contributed by atoms with Crippen molar-refractivity contribution in [1.29, 1.82) is 0 Å². The van der Waals surface area contributed by atoms with Gasteiger partial charge in [-0.3, -0.25) is 4.79 Å². The van der Waals surface area contributed by atoms with Crippen LogP contribution in [0.2, 0.25) is 0 Å². The molecule has 1 aromatic rings. The van der Waals surface area contributed by atoms with Gasteiger partial charge in [-0.25, -0.2) is 0 Å². The molecule has 1 atom stereocenters. The summed E-state index contributed by atoms with van der Waals surface area (Å²) in [7, 11) is 0. The second-order valence-electron chi connectivity index (χ2n) is 4.04. The number of halogens is 2. The minimum Gasteiger partial charge on any atom is -0.350 e. The Morgan fingerprint density at radius 1 is 1.62 bits per heavy atom. The third-order valence-corrected chi connectivity index (χ3v) is 5.06. The number of amides is 1. The minimum atomic E-state index is -0.0508. The first kappa shape index (κ1) is 14.0. The van der Waals surface area contributed by atoms with Gasteiger partial charge < -0.3 is 5.32 Å². The van der Waals surface area contributed by atoms with Crippen LogP contribution in [0.25, 0.3) is 0 Å². The maximum atomic E-state index is 11.8. The summed E-state index contributed by atoms with van der Waals surface area (Å²) in [4.78, 5) is 12.5. The Labute approximate surface area is 114 Å². The Kier molecular flexibility index (Phi) is 5.28. The van der Waals surface area contributed by atoms with Crippen LogP contribution in [0.1, 0.15) is 29.1 Å². The van der Waals surface area contributed by atoms with Gasteiger partial charge in [0, 0.05) is 6.54 Å². The van der Waals surface area contributed by atoms with Crippen molar-refractivity contribution in [2.45, 2.75) is 26.1 Å². The molecule has 90 valence electrons. The molecule has 0 aliphatic rings. The van der Waals surface area contributed by atoms with Crippen LogP contribution in [0.3, 0.4) is 0 Å². The number of rotatable bonds is 4. The van der Waals surface area contributed by atoms with Crippen LogP contribution in [0.4, 0.5) is 0 Å². The Hall–Kier alpha value is -0.0600. The van der Waals surface area contributed by atoms with Crippen LogP contribution in [0.5, 0.6) is 0 Å². The maximum Gasteiger partial charge on any atom is 0.261 e. The fraction of sp³-hybridized carbons (Fsp3) is 0.545. The van der Waals surface area contributed by atoms with Crippen molar-refractivity contribution in [2.75, 3.05) is 6.54 Å². The molecule has 1 aromatic heterocycles. The van der Waals surface area contributed by atoms with Gasteiger partial charge in [0.15, 0.2) is 0 Å². The van der Waals surface area contributed by atoms with Crippen LogP contribution in [-0.4, -0.2) is 17.8 Å². The van der Waals surface area contributed by atoms with E-state index in [1.807, 2.05) is 26.8 Å². The van der Waals surface area contributed by atoms with Gasteiger partial charge in [0.25, 0.3) is 5.91 Å². The average molecular weight is 325 g/mol. The highest BCUT2D eigenvalue weighted by molar-refractivity contribution is 9.11. The first-order valence-corrected chi connectivity index (χ1v) is 7.14. The van der Waals surface area contributed by atoms with Gasteiger partial charge in [-0.2, -0.15) is 0 Å². The lowest BCUT2D eigenvalue weighted by molar-refractivity contribution is 0.0956. The summed E-state index contributed by atoms with van der Waals surface area (Å²) in [5, 5.41) is 2.82. The van der Waals surface area contributed by atoms with Gasteiger partial charge >= 0.3 is 0 Å². The van der Waals surface area contributed by atoms with Gasteiger partial charge in [0.05, 0.1) is 14.0 Å². The maximum absolute atomic E-state index is 11.8. The molecule has 5 heteroatoms. The molecular formula is C11H15BrClNOS. The second kappa shape index (κ2) is 6.03. The summed E-state index contributed by atoms with van der Waals surface area (Å²) >= 11 is 10.9. The van der Waals surface area contributed by atoms with Crippen LogP contribution < -0.4 is 5.32 Å². The summed E-state index contributed by atoms with van der Waals surface area (Å²) < 4.78 is 1.00. The molecule has 0 aliphatic heterocycles. The molecule has 0 aromatic carbocycles. The third-order valence-electron chi connectivity index (χ3n) is 2.26. The number of nitrogens with one attached hydrogen (secondary N) is 1. The second-order valence-corrected chi connectivity index (χ2v) is 6.97. The Morgan fingerprint density at radius 2 is 2.25 bits per heavy atom. The van der Waals surface area contributed by atoms with Crippen LogP contribution in [0.15, 0.2) is 9.85 Å². The first-order chi connectivity index (χ1) is 7.41. The summed E-state index contributed by atoms with van der Waals surface area (Å²) in [6.45, 7) is 6.55. The van der Waals surface area contributed by atoms with Crippen LogP contribution in [-0.2, 0) is 0 Å². The number of hydrogen-bond donors (Lipinski definition) is 1. The van der Waals surface area contributed by atoms with Gasteiger partial charge in [0.1, 0.15) is 0 Å². The quantitative estimate of drug-likeness (QED) is 0.838. The number of carbonyl (C=O) groups is 1. The van der Waals surface area contributed by atoms with E-state index in [0.29, 0.717) is 12.5 Å². The summed E-state index contributed by atoms with van der Waals surface area (Å²) in [6, 6.07) is 1.88. The predicted octanol–water partition coefficient (Wildman–Crippen LogP) is 3.81. The lowest BCUT2D eigenvalue weighted by Crippen LogP contribution is -2.31. The number of hydrogen-bond acceptors (Lipinski definition) is 2. The summed E-state index contributed by atoms with van der Waals surface area (Å²) in [6.07, 6.45) is 0. The molecule has 1 N–H and O–H groups in total. The molecule has 1 amide bonds. The van der Waals surface area contributed by atoms with E-state index >= 15 is 0 Å². The predicted molar refractivity (Wildman–Crippen MR) is 73.6 cm³/mol. The van der Waals surface area contributed by atoms with Crippen molar-refractivity contribution in [3.8, 4) is 0 Å². The van der Waals surface area contributed by atoms with Crippen LogP contribution >= 0.6 is 38.9 Å². The molecule has 0 spiro atoms. The highest BCUT2D eigenvalue weighted by Gasteiger charge is 2.14. The van der Waals surface area contributed by atoms with E-state index in [0.717, 1.165) is 14.2 Å². The molecule has 0 radical (unpaired) electrons. The normalized spacial score (nSPS) is 12.9. The number of aryl methyl sites for hydroxylation is 1. The molecule has 1 rings (SSSR count). The molecule has 0 bridgehead atoms. The smallest absolute Gasteiger partial charge is 0.261 e. The number of carbonyl (C=O) groups excluding carboxylic acids is 1. The molecule has 1 heterocycles. The molecule has 0 saturated heterocycles. The average Bonchev–Trinajstić information content (AvgIpc) is 2.55. The lowest BCUT2D eigenvalue weighted by atomic mass is 10.1. The molecular weight excluding hydrogens is 310 g/mol. The van der Waals surface area contributed by atoms with E-state index in [1.165, 1.54) is 11.3 Å². The van der Waals surface area contributed by atoms with E-state index < -0.39 is 0 Å². The molecule has 16 heavy (non-hydrogen) atoms. The largest absolute Gasteiger partial charge is 0.350 e. The Morgan fingerprint density at radius 3 is 2.69 bits per heavy atom. The molecule has 0 fully saturated rings. The topological polar surface area (TPSA) is 29.1 Å². The SMILES string of the molecule is Cc1cc(C(=O)NCC(Cl)C(C)C)sc1Br. The van der Waals surface area contributed by atoms with E-state index in [1.54, 1.807) is 0 Å². The van der Waals surface area contributed by atoms with Gasteiger partial charge in [-0.1, -0.05) is 13.8 Å². The molecule has 1 unspecified atom stereocenters. The van der Waals surface area contributed by atoms with Gasteiger partial charge in [-0.15, -0.1) is 22.9 Å². The zero-order chi connectivity index (χ0) is 12.3. The van der Waals surface area contributed by atoms with E-state index in [9.17, 15) is 4.79 Å². The Balaban J connectivity index is 2.53. The minimum absolute atomic E-state index is 0.0200. The fourth-order valence-corrected chi connectivity index (χ4v) is 2.61. The zero-order valence-corrected chi connectivity index (χ0v) is 12.7. The van der Waals surface area contributed by atoms with E-state index in [-0.39, 0.29) is 11.3 Å². The van der Waals surface area contributed by atoms with E-state index in [2.05, 4.69) is 21.2 Å². The highest BCUT2D eigenvalue weighted by Crippen LogP contribution is 2.27. The van der Waals surface area contributed by atoms with Crippen molar-refractivity contribution in [3.05, 3.63) is 20.3 Å². The summed E-state index contributed by atoms with van der Waals surface area (Å²) in [5.41, 5.74) is 1.08. The van der Waals surface area contributed by atoms with E-state index in [4.69, 9.17) is 11.6 Å². The Bertz CT molecular complexity index is 359. The third kappa shape index (κ3) is 3.75. The first-order valence-electron chi connectivity index (χ1n) is 5.10. The lowest BCUT2D eigenvalue weighted by Gasteiger charge is -2.13. The standard InChI is InChI=1S/C11H15BrClNOS/c1-6(2)8(13)5-14-11(15)9-4-7(3)10(12)16-9/h4,6,8H,5H2,1-3H3,(H,14,15). The van der Waals surface area contributed by atoms with Crippen molar-refractivity contribution in [3.63, 3.8) is 0 Å². The zero-order valence-electron chi connectivity index (χ0n) is 9.51. The van der Waals surface area contributed by atoms with Crippen LogP contribution in [0, 0.1) is 12.8 Å². The van der Waals surface area contributed by atoms with Crippen molar-refractivity contribution in [1.82, 2.24) is 5.32 Å². The monoisotopic (exact) mass is 323 g/mol. The molecule has 0 saturated carbocycles. The molecule has 2 nitrogen and oxygen atoms in total. The number of thiophene rings is 1. The summed E-state index contributed by atoms with van der Waals surface area (Å²) in [5.74, 6) is 0.309. The van der Waals surface area contributed by atoms with Crippen molar-refractivity contribution >= 4 is 44.8 Å². The van der Waals surface area contributed by atoms with Crippen molar-refractivity contribution in [2.24, 2.45) is 5.92 Å². The molecule has 0 aliphatic carbocycles. The van der Waals surface area contributed by atoms with Gasteiger partial charge in [0.2, 0.25) is 0 Å².